The van der Waals surface area contributed by atoms with Crippen LogP contribution in [0.25, 0.3) is 16.7 Å². The number of sulfonamides is 3. The van der Waals surface area contributed by atoms with Gasteiger partial charge in [0.1, 0.15) is 17.2 Å². The molecule has 0 spiro atoms. The molecule has 33 heteroatoms. The van der Waals surface area contributed by atoms with Crippen LogP contribution in [0.5, 0.6) is 17.2 Å². The average molecular weight is 1810 g/mol. The number of halogens is 3. The van der Waals surface area contributed by atoms with Crippen molar-refractivity contribution in [3.63, 3.8) is 0 Å². The van der Waals surface area contributed by atoms with Gasteiger partial charge in [0.05, 0.1) is 44.4 Å². The fourth-order valence-electron chi connectivity index (χ4n) is 14.4. The molecule has 9 aromatic carbocycles. The second-order valence-electron chi connectivity index (χ2n) is 29.7. The maximum absolute atomic E-state index is 13.2. The number of nitrogens with zero attached hydrogens (tertiary/aromatic N) is 2. The molecule has 6 amide bonds. The highest BCUT2D eigenvalue weighted by atomic mass is 35.5. The Labute approximate surface area is 734 Å². The number of amides is 6. The number of nitro groups is 2. The van der Waals surface area contributed by atoms with Crippen molar-refractivity contribution in [1.29, 1.82) is 0 Å². The van der Waals surface area contributed by atoms with Gasteiger partial charge >= 0.3 is 0 Å². The minimum absolute atomic E-state index is 0.0134. The van der Waals surface area contributed by atoms with Gasteiger partial charge in [0, 0.05) is 114 Å². The van der Waals surface area contributed by atoms with Crippen molar-refractivity contribution in [2.24, 2.45) is 0 Å². The molecule has 124 heavy (non-hydrogen) atoms. The normalized spacial score (nSPS) is 12.6. The monoisotopic (exact) mass is 1800 g/mol. The lowest BCUT2D eigenvalue weighted by molar-refractivity contribution is -0.385. The van der Waals surface area contributed by atoms with Crippen molar-refractivity contribution < 1.29 is 78.1 Å². The molecule has 0 heterocycles. The summed E-state index contributed by atoms with van der Waals surface area (Å²) < 4.78 is 98.7. The number of fused-ring (bicyclic) bond motifs is 3. The minimum Gasteiger partial charge on any atom is -0.494 e. The first-order chi connectivity index (χ1) is 59.0. The highest BCUT2D eigenvalue weighted by Gasteiger charge is 2.31. The maximum atomic E-state index is 13.2. The van der Waals surface area contributed by atoms with Gasteiger partial charge in [-0.05, 0) is 237 Å². The van der Waals surface area contributed by atoms with Crippen LogP contribution in [0.3, 0.4) is 0 Å². The fourth-order valence-corrected chi connectivity index (χ4v) is 18.1. The Hall–Kier alpha value is -12.1. The third-order valence-corrected chi connectivity index (χ3v) is 26.6. The molecule has 6 N–H and O–H groups in total. The van der Waals surface area contributed by atoms with E-state index in [0.717, 1.165) is 148 Å². The molecule has 27 nitrogen and oxygen atoms in total. The van der Waals surface area contributed by atoms with Crippen LogP contribution < -0.4 is 44.3 Å². The van der Waals surface area contributed by atoms with Crippen molar-refractivity contribution in [2.75, 3.05) is 39.5 Å². The molecule has 0 atom stereocenters. The van der Waals surface area contributed by atoms with Crippen LogP contribution in [0.2, 0.25) is 15.1 Å². The third-order valence-electron chi connectivity index (χ3n) is 20.5. The van der Waals surface area contributed by atoms with Crippen molar-refractivity contribution in [1.82, 2.24) is 30.1 Å². The Morgan fingerprint density at radius 3 is 1.02 bits per heavy atom. The minimum atomic E-state index is -4.31. The molecule has 650 valence electrons. The third kappa shape index (κ3) is 25.1. The van der Waals surface area contributed by atoms with Crippen LogP contribution in [0.15, 0.2) is 213 Å². The van der Waals surface area contributed by atoms with Crippen molar-refractivity contribution in [3.8, 4) is 17.2 Å². The molecule has 9 aromatic rings. The molecule has 0 bridgehead atoms. The van der Waals surface area contributed by atoms with E-state index in [1.807, 2.05) is 160 Å². The number of rotatable bonds is 35. The topological polar surface area (TPSA) is 391 Å². The standard InChI is InChI=1S/C31H33ClN2O5S.2C30H30ClN3O7S/c1-20-9-4-7-13-28(20)40(37,38)34-29(35)14-15-33-31(36)27-19-23-10-5-6-11-25(23)26(27)12-8-16-39-24-17-21(2)30(32)22(3)18-24;1-19-15-23(16-20(2)29(19)31)41-14-6-11-26-25-10-4-3-7-21(25)17-27(26)30(36)32-13-12-28(35)33-42(39,40)24-9-5-8-22(18-24)34(37)38;1-19-16-23(17-20(2)29(19)31)41-15-5-8-26-25-7-4-3-6-21(25)18-27(26)30(36)32-14-13-28(35)33-42(39,40)24-11-9-22(10-12-24)34(37)38/h4-7,9-11,13,17-18H,8,12,14-16,19H2,1-3H3,(H,33,36)(H,34,35);3-5,7-10,15-16,18H,6,11-14,17H2,1-2H3,(H,32,36)(H,33,35);3-4,6-7,9-12,16-17H,5,8,13-15,18H2,1-2H3,(H,32,36)(H,33,35). The summed E-state index contributed by atoms with van der Waals surface area (Å²) in [6, 6.07) is 49.9. The van der Waals surface area contributed by atoms with Gasteiger partial charge in [0.15, 0.2) is 0 Å². The number of hydrogen-bond donors (Lipinski definition) is 6. The summed E-state index contributed by atoms with van der Waals surface area (Å²) in [4.78, 5) is 96.2. The van der Waals surface area contributed by atoms with Gasteiger partial charge in [-0.2, -0.15) is 0 Å². The van der Waals surface area contributed by atoms with Gasteiger partial charge in [0.2, 0.25) is 35.4 Å². The number of non-ortho nitro benzene ring substituents is 2. The Morgan fingerprint density at radius 1 is 0.363 bits per heavy atom. The largest absolute Gasteiger partial charge is 0.494 e. The Morgan fingerprint density at radius 2 is 0.677 bits per heavy atom. The molecule has 0 fully saturated rings. The number of aryl methyl sites for hydroxylation is 7. The van der Waals surface area contributed by atoms with Crippen LogP contribution in [0, 0.1) is 68.7 Å². The number of benzene rings is 9. The molecule has 0 aliphatic heterocycles. The lowest BCUT2D eigenvalue weighted by atomic mass is 10.0. The summed E-state index contributed by atoms with van der Waals surface area (Å²) in [5, 5.41) is 32.1. The molecule has 0 saturated heterocycles. The van der Waals surface area contributed by atoms with Crippen LogP contribution in [0.4, 0.5) is 11.4 Å². The van der Waals surface area contributed by atoms with Gasteiger partial charge in [-0.3, -0.25) is 49.0 Å². The van der Waals surface area contributed by atoms with E-state index in [1.54, 1.807) is 25.1 Å². The van der Waals surface area contributed by atoms with E-state index in [-0.39, 0.29) is 72.1 Å². The van der Waals surface area contributed by atoms with E-state index in [9.17, 15) is 74.2 Å². The lowest BCUT2D eigenvalue weighted by Gasteiger charge is -2.12. The quantitative estimate of drug-likeness (QED) is 0.0122. The number of nitro benzene ring substituents is 2. The zero-order chi connectivity index (χ0) is 89.7. The van der Waals surface area contributed by atoms with Crippen LogP contribution in [0.1, 0.15) is 130 Å². The van der Waals surface area contributed by atoms with Crippen molar-refractivity contribution >= 4 is 128 Å². The second kappa shape index (κ2) is 42.8. The molecule has 3 aliphatic rings. The number of nitrogens with one attached hydrogen (secondary N) is 6. The van der Waals surface area contributed by atoms with Crippen LogP contribution in [-0.4, -0.2) is 110 Å². The number of allylic oxidation sites excluding steroid dienone is 3. The Kier molecular flexibility index (Phi) is 32.5. The predicted molar refractivity (Wildman–Crippen MR) is 474 cm³/mol. The first-order valence-corrected chi connectivity index (χ1v) is 45.2. The van der Waals surface area contributed by atoms with E-state index in [0.29, 0.717) is 110 Å². The highest BCUT2D eigenvalue weighted by Crippen LogP contribution is 2.40. The van der Waals surface area contributed by atoms with Crippen LogP contribution in [-0.2, 0) is 78.1 Å². The molecular formula is C91H93Cl3N8O19S3. The summed E-state index contributed by atoms with van der Waals surface area (Å²) in [6.45, 7) is 14.5. The molecule has 12 rings (SSSR count). The maximum Gasteiger partial charge on any atom is 0.270 e. The summed E-state index contributed by atoms with van der Waals surface area (Å²) in [5.74, 6) is -1.03. The molecule has 0 radical (unpaired) electrons. The fraction of sp³-hybridized carbons (Fsp3) is 0.275. The number of carbonyl (C=O) groups is 6. The van der Waals surface area contributed by atoms with Gasteiger partial charge in [-0.25, -0.2) is 39.4 Å². The van der Waals surface area contributed by atoms with E-state index in [2.05, 4.69) is 20.7 Å². The average Bonchev–Trinajstić information content (AvgIpc) is 1.64. The zero-order valence-electron chi connectivity index (χ0n) is 69.1. The molecular weight excluding hydrogens is 1710 g/mol. The van der Waals surface area contributed by atoms with Gasteiger partial charge in [-0.1, -0.05) is 132 Å². The second-order valence-corrected chi connectivity index (χ2v) is 35.9. The Bertz CT molecular complexity index is 6030. The van der Waals surface area contributed by atoms with Gasteiger partial charge < -0.3 is 30.2 Å². The molecule has 0 unspecified atom stereocenters. The molecule has 0 aromatic heterocycles. The number of hydrogen-bond acceptors (Lipinski definition) is 19. The summed E-state index contributed by atoms with van der Waals surface area (Å²) in [6.07, 6.45) is 4.57. The van der Waals surface area contributed by atoms with E-state index in [4.69, 9.17) is 49.0 Å². The van der Waals surface area contributed by atoms with E-state index >= 15 is 0 Å². The summed E-state index contributed by atoms with van der Waals surface area (Å²) >= 11 is 18.7. The number of ether oxygens (including phenoxy) is 3. The van der Waals surface area contributed by atoms with Crippen molar-refractivity contribution in [3.05, 3.63) is 306 Å². The van der Waals surface area contributed by atoms with Crippen LogP contribution >= 0.6 is 34.8 Å². The lowest BCUT2D eigenvalue weighted by Crippen LogP contribution is -2.35. The highest BCUT2D eigenvalue weighted by molar-refractivity contribution is 7.90. The van der Waals surface area contributed by atoms with Crippen molar-refractivity contribution in [2.45, 2.75) is 140 Å². The number of carbonyl (C=O) groups excluding carboxylic acids is 6. The molecule has 3 aliphatic carbocycles. The van der Waals surface area contributed by atoms with Gasteiger partial charge in [0.25, 0.3) is 41.4 Å². The van der Waals surface area contributed by atoms with E-state index < -0.39 is 68.2 Å². The predicted octanol–water partition coefficient (Wildman–Crippen LogP) is 15.5. The zero-order valence-corrected chi connectivity index (χ0v) is 73.8. The summed E-state index contributed by atoms with van der Waals surface area (Å²) in [7, 11) is -12.5. The van der Waals surface area contributed by atoms with Gasteiger partial charge in [-0.15, -0.1) is 0 Å². The van der Waals surface area contributed by atoms with E-state index in [1.165, 1.54) is 12.1 Å². The summed E-state index contributed by atoms with van der Waals surface area (Å²) in [5.41, 5.74) is 16.4. The first kappa shape index (κ1) is 94.2. The Balaban J connectivity index is 0.000000195. The SMILES string of the molecule is Cc1cc(OCCCC2=C(C(=O)NCCC(=O)NS(=O)(=O)c3ccc([N+](=O)[O-])cc3)Cc3ccccc32)cc(C)c1Cl.Cc1cc(OCCCC2=C(C(=O)NCCC(=O)NS(=O)(=O)c3cccc([N+](=O)[O-])c3)Cc3ccccc32)cc(C)c1Cl.Cc1ccccc1S(=O)(=O)NC(=O)CCNC(=O)C1=C(CCCOc2cc(C)c(Cl)c(C)c2)c2ccccc2C1. The first-order valence-electron chi connectivity index (χ1n) is 39.6. The smallest absolute Gasteiger partial charge is 0.270 e. The molecule has 0 saturated carbocycles.